The smallest absolute Gasteiger partial charge is 0.547 e. The van der Waals surface area contributed by atoms with E-state index in [0.717, 1.165) is 6.92 Å². The van der Waals surface area contributed by atoms with Crippen molar-refractivity contribution in [1.29, 1.82) is 0 Å². The summed E-state index contributed by atoms with van der Waals surface area (Å²) in [5, 5.41) is 17.3. The summed E-state index contributed by atoms with van der Waals surface area (Å²) in [7, 11) is 0. The number of carboxylic acids is 1. The van der Waals surface area contributed by atoms with E-state index in [1.807, 2.05) is 0 Å². The molecule has 1 atom stereocenters. The van der Waals surface area contributed by atoms with Crippen molar-refractivity contribution < 1.29 is 50.6 Å². The van der Waals surface area contributed by atoms with Gasteiger partial charge in [0.1, 0.15) is 0 Å². The molecule has 0 saturated carbocycles. The third-order valence-corrected chi connectivity index (χ3v) is 0.341. The van der Waals surface area contributed by atoms with Crippen molar-refractivity contribution in [3.8, 4) is 0 Å². The van der Waals surface area contributed by atoms with Crippen molar-refractivity contribution in [2.24, 2.45) is 0 Å². The van der Waals surface area contributed by atoms with Crippen LogP contribution in [0.2, 0.25) is 0 Å². The van der Waals surface area contributed by atoms with E-state index in [9.17, 15) is 9.90 Å². The van der Waals surface area contributed by atoms with Crippen LogP contribution in [0.5, 0.6) is 0 Å². The van der Waals surface area contributed by atoms with Gasteiger partial charge in [-0.15, -0.1) is 0 Å². The maximum absolute atomic E-state index is 9.34. The molecule has 1 N–H and O–H groups in total. The molecule has 4 heteroatoms. The number of aliphatic carboxylic acids is 1. The second-order valence-electron chi connectivity index (χ2n) is 0.995. The minimum Gasteiger partial charge on any atom is -0.547 e. The Kier molecular flexibility index (Phi) is 7.22. The molecule has 0 aliphatic rings. The maximum Gasteiger partial charge on any atom is 3.00 e. The number of aliphatic hydroxyl groups is 1. The second kappa shape index (κ2) is 4.78. The molecule has 0 saturated heterocycles. The van der Waals surface area contributed by atoms with Crippen LogP contribution in [0.3, 0.4) is 0 Å². The predicted octanol–water partition coefficient (Wildman–Crippen LogP) is -1.88. The van der Waals surface area contributed by atoms with Gasteiger partial charge in [0.25, 0.3) is 0 Å². The minimum absolute atomic E-state index is 0. The molecule has 0 aromatic carbocycles. The first kappa shape index (κ1) is 10.6. The van der Waals surface area contributed by atoms with E-state index >= 15 is 0 Å². The van der Waals surface area contributed by atoms with Crippen LogP contribution in [0.25, 0.3) is 0 Å². The first-order valence-electron chi connectivity index (χ1n) is 1.53. The number of rotatable bonds is 1. The number of carbonyl (C=O) groups is 1. The molecule has 0 aliphatic carbocycles. The molecular weight excluding hydrogens is 223 g/mol. The summed E-state index contributed by atoms with van der Waals surface area (Å²) in [5.41, 5.74) is 0. The Bertz CT molecular complexity index is 61.2. The van der Waals surface area contributed by atoms with Crippen molar-refractivity contribution in [3.05, 3.63) is 0 Å². The second-order valence-corrected chi connectivity index (χ2v) is 0.995. The van der Waals surface area contributed by atoms with Crippen LogP contribution in [0, 0.1) is 35.6 Å². The standard InChI is InChI=1S/C3H6O3.La/c1-2(4)3(5)6;/h2,4H,1H3,(H,5,6);/q;+3/p-1. The molecule has 0 fully saturated rings. The van der Waals surface area contributed by atoms with Gasteiger partial charge in [-0.25, -0.2) is 0 Å². The van der Waals surface area contributed by atoms with Crippen LogP contribution in [-0.2, 0) is 4.79 Å². The van der Waals surface area contributed by atoms with Crippen molar-refractivity contribution in [2.75, 3.05) is 0 Å². The van der Waals surface area contributed by atoms with E-state index in [1.54, 1.807) is 0 Å². The number of hydrogen-bond acceptors (Lipinski definition) is 3. The van der Waals surface area contributed by atoms with E-state index < -0.39 is 12.1 Å². The zero-order valence-corrected chi connectivity index (χ0v) is 7.54. The van der Waals surface area contributed by atoms with E-state index in [0.29, 0.717) is 0 Å². The van der Waals surface area contributed by atoms with Gasteiger partial charge in [-0.05, 0) is 6.92 Å². The van der Waals surface area contributed by atoms with Crippen molar-refractivity contribution >= 4 is 5.97 Å². The normalized spacial score (nSPS) is 11.7. The number of carbonyl (C=O) groups excluding carboxylic acids is 1. The summed E-state index contributed by atoms with van der Waals surface area (Å²) >= 11 is 0. The van der Waals surface area contributed by atoms with Gasteiger partial charge in [0.2, 0.25) is 0 Å². The molecule has 0 bridgehead atoms. The third kappa shape index (κ3) is 6.62. The van der Waals surface area contributed by atoms with E-state index in [-0.39, 0.29) is 35.6 Å². The molecule has 0 heterocycles. The van der Waals surface area contributed by atoms with E-state index in [2.05, 4.69) is 0 Å². The third-order valence-electron chi connectivity index (χ3n) is 0.341. The van der Waals surface area contributed by atoms with Crippen molar-refractivity contribution in [3.63, 3.8) is 0 Å². The van der Waals surface area contributed by atoms with Crippen molar-refractivity contribution in [2.45, 2.75) is 13.0 Å². The Balaban J connectivity index is 0. The summed E-state index contributed by atoms with van der Waals surface area (Å²) in [4.78, 5) is 9.34. The van der Waals surface area contributed by atoms with Gasteiger partial charge in [0, 0.05) is 0 Å². The molecule has 0 spiro atoms. The molecule has 7 heavy (non-hydrogen) atoms. The summed E-state index contributed by atoms with van der Waals surface area (Å²) in [6.45, 7) is 1.13. The molecule has 0 rings (SSSR count). The largest absolute Gasteiger partial charge is 3.00 e. The average Bonchev–Trinajstić information content (AvgIpc) is 1.36. The van der Waals surface area contributed by atoms with Crippen molar-refractivity contribution in [1.82, 2.24) is 0 Å². The number of aliphatic hydroxyl groups excluding tert-OH is 1. The van der Waals surface area contributed by atoms with E-state index in [4.69, 9.17) is 5.11 Å². The molecule has 0 amide bonds. The first-order valence-corrected chi connectivity index (χ1v) is 1.53. The SMILES string of the molecule is CC(O)C(=O)[O-].[La+3]. The molecule has 0 aromatic rings. The topological polar surface area (TPSA) is 60.4 Å². The van der Waals surface area contributed by atoms with Crippen LogP contribution < -0.4 is 5.11 Å². The van der Waals surface area contributed by atoms with Crippen LogP contribution in [0.15, 0.2) is 0 Å². The van der Waals surface area contributed by atoms with Gasteiger partial charge in [0.05, 0.1) is 12.1 Å². The van der Waals surface area contributed by atoms with Gasteiger partial charge in [-0.3, -0.25) is 0 Å². The molecule has 36 valence electrons. The van der Waals surface area contributed by atoms with Crippen LogP contribution >= 0.6 is 0 Å². The van der Waals surface area contributed by atoms with Gasteiger partial charge >= 0.3 is 35.6 Å². The molecule has 0 aromatic heterocycles. The Morgan fingerprint density at radius 3 is 2.00 bits per heavy atom. The van der Waals surface area contributed by atoms with Gasteiger partial charge in [0.15, 0.2) is 0 Å². The Morgan fingerprint density at radius 1 is 1.86 bits per heavy atom. The molecule has 0 aliphatic heterocycles. The molecule has 1 unspecified atom stereocenters. The van der Waals surface area contributed by atoms with E-state index in [1.165, 1.54) is 0 Å². The number of carboxylic acid groups (broad SMARTS) is 1. The molecule has 0 radical (unpaired) electrons. The maximum atomic E-state index is 9.34. The summed E-state index contributed by atoms with van der Waals surface area (Å²) in [6.07, 6.45) is -1.34. The Labute approximate surface area is 69.3 Å². The van der Waals surface area contributed by atoms with Crippen LogP contribution in [0.4, 0.5) is 0 Å². The fraction of sp³-hybridized carbons (Fsp3) is 0.667. The van der Waals surface area contributed by atoms with Gasteiger partial charge < -0.3 is 15.0 Å². The molecule has 3 nitrogen and oxygen atoms in total. The number of hydrogen-bond donors (Lipinski definition) is 1. The zero-order chi connectivity index (χ0) is 5.15. The first-order chi connectivity index (χ1) is 2.64. The minimum atomic E-state index is -1.44. The summed E-state index contributed by atoms with van der Waals surface area (Å²) in [5.74, 6) is -1.44. The Hall–Kier alpha value is 0.625. The van der Waals surface area contributed by atoms with Gasteiger partial charge in [-0.1, -0.05) is 0 Å². The summed E-state index contributed by atoms with van der Waals surface area (Å²) < 4.78 is 0. The van der Waals surface area contributed by atoms with Crippen LogP contribution in [0.1, 0.15) is 6.92 Å². The zero-order valence-electron chi connectivity index (χ0n) is 3.92. The fourth-order valence-electron chi connectivity index (χ4n) is 0. The Morgan fingerprint density at radius 2 is 2.00 bits per heavy atom. The fourth-order valence-corrected chi connectivity index (χ4v) is 0. The average molecular weight is 228 g/mol. The summed E-state index contributed by atoms with van der Waals surface area (Å²) in [6, 6.07) is 0. The monoisotopic (exact) mass is 228 g/mol. The van der Waals surface area contributed by atoms with Gasteiger partial charge in [-0.2, -0.15) is 0 Å². The quantitative estimate of drug-likeness (QED) is 0.571. The van der Waals surface area contributed by atoms with Crippen LogP contribution in [-0.4, -0.2) is 17.2 Å². The predicted molar refractivity (Wildman–Crippen MR) is 16.7 cm³/mol. The molecular formula is C3H5LaO3+2.